The van der Waals surface area contributed by atoms with E-state index >= 15 is 0 Å². The first kappa shape index (κ1) is 13.9. The van der Waals surface area contributed by atoms with E-state index in [-0.39, 0.29) is 6.04 Å². The summed E-state index contributed by atoms with van der Waals surface area (Å²) in [5.74, 6) is 0.854. The second kappa shape index (κ2) is 5.74. The highest BCUT2D eigenvalue weighted by molar-refractivity contribution is 5.56. The third-order valence-electron chi connectivity index (χ3n) is 3.84. The van der Waals surface area contributed by atoms with Gasteiger partial charge in [-0.05, 0) is 25.0 Å². The lowest BCUT2D eigenvalue weighted by atomic mass is 9.98. The first-order chi connectivity index (χ1) is 10.2. The molecule has 1 aromatic heterocycles. The number of rotatable bonds is 3. The molecule has 3 rings (SSSR count). The van der Waals surface area contributed by atoms with Crippen LogP contribution in [0.3, 0.4) is 0 Å². The summed E-state index contributed by atoms with van der Waals surface area (Å²) in [6.45, 7) is 3.60. The van der Waals surface area contributed by atoms with Gasteiger partial charge in [-0.2, -0.15) is 0 Å². The lowest BCUT2D eigenvalue weighted by molar-refractivity contribution is 0.413. The van der Waals surface area contributed by atoms with Crippen LogP contribution >= 0.6 is 0 Å². The SMILES string of the molecule is COc1cc(C)nc(CN2CC(N)Cc3ccccc32)c1. The van der Waals surface area contributed by atoms with Crippen molar-refractivity contribution in [1.29, 1.82) is 0 Å². The molecule has 0 radical (unpaired) electrons. The number of para-hydroxylation sites is 1. The standard InChI is InChI=1S/C17H21N3O/c1-12-7-16(21-2)9-15(19-12)11-20-10-14(18)8-13-5-3-4-6-17(13)20/h3-7,9,14H,8,10-11,18H2,1-2H3. The molecule has 2 heterocycles. The van der Waals surface area contributed by atoms with Crippen molar-refractivity contribution >= 4 is 5.69 Å². The summed E-state index contributed by atoms with van der Waals surface area (Å²) in [6, 6.07) is 12.6. The molecule has 0 spiro atoms. The van der Waals surface area contributed by atoms with Crippen LogP contribution in [0, 0.1) is 6.92 Å². The minimum atomic E-state index is 0.173. The van der Waals surface area contributed by atoms with E-state index in [2.05, 4.69) is 34.1 Å². The number of anilines is 1. The maximum Gasteiger partial charge on any atom is 0.122 e. The second-order valence-corrected chi connectivity index (χ2v) is 5.61. The molecule has 1 atom stereocenters. The second-order valence-electron chi connectivity index (χ2n) is 5.61. The monoisotopic (exact) mass is 283 g/mol. The molecule has 4 heteroatoms. The van der Waals surface area contributed by atoms with Crippen molar-refractivity contribution in [3.05, 3.63) is 53.3 Å². The van der Waals surface area contributed by atoms with Gasteiger partial charge in [-0.3, -0.25) is 4.98 Å². The predicted octanol–water partition coefficient (Wildman–Crippen LogP) is 2.29. The minimum Gasteiger partial charge on any atom is -0.497 e. The van der Waals surface area contributed by atoms with Gasteiger partial charge < -0.3 is 15.4 Å². The van der Waals surface area contributed by atoms with Crippen molar-refractivity contribution in [3.63, 3.8) is 0 Å². The first-order valence-corrected chi connectivity index (χ1v) is 7.25. The number of nitrogens with zero attached hydrogens (tertiary/aromatic N) is 2. The Bertz CT molecular complexity index is 642. The van der Waals surface area contributed by atoms with Gasteiger partial charge in [0.15, 0.2) is 0 Å². The quantitative estimate of drug-likeness (QED) is 0.939. The van der Waals surface area contributed by atoms with Crippen LogP contribution in [-0.4, -0.2) is 24.7 Å². The van der Waals surface area contributed by atoms with Crippen molar-refractivity contribution < 1.29 is 4.74 Å². The highest BCUT2D eigenvalue weighted by Gasteiger charge is 2.22. The molecule has 0 amide bonds. The van der Waals surface area contributed by atoms with Crippen LogP contribution in [0.2, 0.25) is 0 Å². The van der Waals surface area contributed by atoms with Gasteiger partial charge in [-0.25, -0.2) is 0 Å². The summed E-state index contributed by atoms with van der Waals surface area (Å²) in [5.41, 5.74) is 10.8. The number of benzene rings is 1. The molecular weight excluding hydrogens is 262 g/mol. The van der Waals surface area contributed by atoms with Gasteiger partial charge in [-0.1, -0.05) is 18.2 Å². The van der Waals surface area contributed by atoms with E-state index in [0.717, 1.165) is 36.6 Å². The number of aryl methyl sites for hydroxylation is 1. The topological polar surface area (TPSA) is 51.4 Å². The average Bonchev–Trinajstić information content (AvgIpc) is 2.46. The van der Waals surface area contributed by atoms with E-state index in [1.165, 1.54) is 11.3 Å². The summed E-state index contributed by atoms with van der Waals surface area (Å²) in [6.07, 6.45) is 0.942. The molecule has 21 heavy (non-hydrogen) atoms. The van der Waals surface area contributed by atoms with E-state index in [1.807, 2.05) is 19.1 Å². The Balaban J connectivity index is 1.90. The number of methoxy groups -OCH3 is 1. The third kappa shape index (κ3) is 3.00. The van der Waals surface area contributed by atoms with Crippen LogP contribution in [-0.2, 0) is 13.0 Å². The van der Waals surface area contributed by atoms with Crippen molar-refractivity contribution in [2.24, 2.45) is 5.73 Å². The van der Waals surface area contributed by atoms with Gasteiger partial charge in [0.25, 0.3) is 0 Å². The van der Waals surface area contributed by atoms with Crippen molar-refractivity contribution in [2.75, 3.05) is 18.6 Å². The summed E-state index contributed by atoms with van der Waals surface area (Å²) in [5, 5.41) is 0. The molecule has 110 valence electrons. The molecule has 1 aromatic carbocycles. The average molecular weight is 283 g/mol. The van der Waals surface area contributed by atoms with Gasteiger partial charge in [0, 0.05) is 36.1 Å². The zero-order valence-electron chi connectivity index (χ0n) is 12.5. The molecule has 2 aromatic rings. The number of ether oxygens (including phenoxy) is 1. The molecule has 2 N–H and O–H groups in total. The normalized spacial score (nSPS) is 17.5. The van der Waals surface area contributed by atoms with Crippen LogP contribution in [0.1, 0.15) is 17.0 Å². The fourth-order valence-electron chi connectivity index (χ4n) is 2.97. The Labute approximate surface area is 125 Å². The number of aromatic nitrogens is 1. The molecule has 0 saturated heterocycles. The molecule has 4 nitrogen and oxygen atoms in total. The Kier molecular flexibility index (Phi) is 3.80. The molecule has 1 aliphatic heterocycles. The number of pyridine rings is 1. The Morgan fingerprint density at radius 3 is 2.95 bits per heavy atom. The van der Waals surface area contributed by atoms with Crippen LogP contribution < -0.4 is 15.4 Å². The van der Waals surface area contributed by atoms with Gasteiger partial charge in [-0.15, -0.1) is 0 Å². The van der Waals surface area contributed by atoms with E-state index in [1.54, 1.807) is 7.11 Å². The lowest BCUT2D eigenvalue weighted by Gasteiger charge is -2.34. The molecule has 0 fully saturated rings. The maximum atomic E-state index is 6.19. The Morgan fingerprint density at radius 1 is 1.33 bits per heavy atom. The van der Waals surface area contributed by atoms with Gasteiger partial charge >= 0.3 is 0 Å². The molecule has 1 unspecified atom stereocenters. The molecule has 0 aliphatic carbocycles. The van der Waals surface area contributed by atoms with E-state index in [0.29, 0.717) is 0 Å². The van der Waals surface area contributed by atoms with E-state index < -0.39 is 0 Å². The van der Waals surface area contributed by atoms with Crippen molar-refractivity contribution in [3.8, 4) is 5.75 Å². The van der Waals surface area contributed by atoms with Crippen molar-refractivity contribution in [1.82, 2.24) is 4.98 Å². The highest BCUT2D eigenvalue weighted by Crippen LogP contribution is 2.28. The van der Waals surface area contributed by atoms with Crippen molar-refractivity contribution in [2.45, 2.75) is 25.9 Å². The van der Waals surface area contributed by atoms with Crippen LogP contribution in [0.4, 0.5) is 5.69 Å². The molecular formula is C17H21N3O. The number of hydrogen-bond acceptors (Lipinski definition) is 4. The fourth-order valence-corrected chi connectivity index (χ4v) is 2.97. The van der Waals surface area contributed by atoms with Gasteiger partial charge in [0.1, 0.15) is 5.75 Å². The van der Waals surface area contributed by atoms with Crippen LogP contribution in [0.5, 0.6) is 5.75 Å². The summed E-state index contributed by atoms with van der Waals surface area (Å²) < 4.78 is 5.33. The minimum absolute atomic E-state index is 0.173. The third-order valence-corrected chi connectivity index (χ3v) is 3.84. The molecule has 0 saturated carbocycles. The maximum absolute atomic E-state index is 6.19. The predicted molar refractivity (Wildman–Crippen MR) is 84.7 cm³/mol. The number of nitrogens with two attached hydrogens (primary N) is 1. The number of fused-ring (bicyclic) bond motifs is 1. The highest BCUT2D eigenvalue weighted by atomic mass is 16.5. The van der Waals surface area contributed by atoms with E-state index in [9.17, 15) is 0 Å². The van der Waals surface area contributed by atoms with Gasteiger partial charge in [0.2, 0.25) is 0 Å². The first-order valence-electron chi connectivity index (χ1n) is 7.25. The molecule has 1 aliphatic rings. The summed E-state index contributed by atoms with van der Waals surface area (Å²) >= 11 is 0. The summed E-state index contributed by atoms with van der Waals surface area (Å²) in [7, 11) is 1.69. The Morgan fingerprint density at radius 2 is 2.14 bits per heavy atom. The van der Waals surface area contributed by atoms with Crippen LogP contribution in [0.25, 0.3) is 0 Å². The summed E-state index contributed by atoms with van der Waals surface area (Å²) in [4.78, 5) is 6.92. The van der Waals surface area contributed by atoms with Gasteiger partial charge in [0.05, 0.1) is 19.3 Å². The largest absolute Gasteiger partial charge is 0.497 e. The zero-order valence-corrected chi connectivity index (χ0v) is 12.5. The zero-order chi connectivity index (χ0) is 14.8. The number of hydrogen-bond donors (Lipinski definition) is 1. The smallest absolute Gasteiger partial charge is 0.122 e. The van der Waals surface area contributed by atoms with Crippen LogP contribution in [0.15, 0.2) is 36.4 Å². The molecule has 0 bridgehead atoms. The fraction of sp³-hybridized carbons (Fsp3) is 0.353. The Hall–Kier alpha value is -2.07. The van der Waals surface area contributed by atoms with E-state index in [4.69, 9.17) is 10.5 Å². The lowest BCUT2D eigenvalue weighted by Crippen LogP contribution is -2.43.